The highest BCUT2D eigenvalue weighted by atomic mass is 79.9. The molecule has 0 N–H and O–H groups in total. The first-order chi connectivity index (χ1) is 8.50. The third-order valence-electron chi connectivity index (χ3n) is 2.73. The van der Waals surface area contributed by atoms with Gasteiger partial charge in [-0.05, 0) is 30.2 Å². The summed E-state index contributed by atoms with van der Waals surface area (Å²) in [6, 6.07) is 8.53. The molecule has 0 bridgehead atoms. The van der Waals surface area contributed by atoms with Gasteiger partial charge in [0, 0.05) is 5.56 Å². The van der Waals surface area contributed by atoms with E-state index >= 15 is 0 Å². The van der Waals surface area contributed by atoms with Crippen molar-refractivity contribution >= 4 is 15.9 Å². The van der Waals surface area contributed by atoms with Crippen LogP contribution >= 0.6 is 15.9 Å². The molecule has 0 saturated heterocycles. The van der Waals surface area contributed by atoms with Gasteiger partial charge in [-0.25, -0.2) is 13.2 Å². The average molecular weight is 315 g/mol. The summed E-state index contributed by atoms with van der Waals surface area (Å²) in [5, 5.41) is 0. The number of halogens is 4. The molecule has 0 amide bonds. The summed E-state index contributed by atoms with van der Waals surface area (Å²) in [6.45, 7) is 1.66. The van der Waals surface area contributed by atoms with Gasteiger partial charge in [0.2, 0.25) is 0 Å². The van der Waals surface area contributed by atoms with Crippen LogP contribution in [0.3, 0.4) is 0 Å². The third kappa shape index (κ3) is 2.43. The zero-order chi connectivity index (χ0) is 13.3. The van der Waals surface area contributed by atoms with Crippen molar-refractivity contribution in [2.24, 2.45) is 0 Å². The highest BCUT2D eigenvalue weighted by Gasteiger charge is 2.17. The van der Waals surface area contributed by atoms with E-state index in [1.54, 1.807) is 25.1 Å². The fraction of sp³-hybridized carbons (Fsp3) is 0.143. The lowest BCUT2D eigenvalue weighted by Gasteiger charge is -2.13. The van der Waals surface area contributed by atoms with Crippen molar-refractivity contribution in [1.29, 1.82) is 0 Å². The van der Waals surface area contributed by atoms with Gasteiger partial charge in [-0.3, -0.25) is 0 Å². The molecule has 0 radical (unpaired) electrons. The fourth-order valence-corrected chi connectivity index (χ4v) is 2.35. The van der Waals surface area contributed by atoms with Gasteiger partial charge in [0.1, 0.15) is 5.82 Å². The van der Waals surface area contributed by atoms with Crippen LogP contribution < -0.4 is 0 Å². The molecule has 0 aliphatic rings. The Kier molecular flexibility index (Phi) is 3.76. The van der Waals surface area contributed by atoms with Crippen molar-refractivity contribution in [3.8, 4) is 0 Å². The molecule has 1 atom stereocenters. The molecule has 0 nitrogen and oxygen atoms in total. The number of aryl methyl sites for hydroxylation is 1. The minimum Gasteiger partial charge on any atom is -0.206 e. The molecule has 94 valence electrons. The molecule has 18 heavy (non-hydrogen) atoms. The fourth-order valence-electron chi connectivity index (χ4n) is 1.72. The topological polar surface area (TPSA) is 0 Å². The van der Waals surface area contributed by atoms with Gasteiger partial charge in [-0.2, -0.15) is 0 Å². The molecule has 0 fully saturated rings. The van der Waals surface area contributed by atoms with Crippen molar-refractivity contribution in [2.75, 3.05) is 0 Å². The number of rotatable bonds is 2. The number of benzene rings is 2. The van der Waals surface area contributed by atoms with Crippen molar-refractivity contribution in [2.45, 2.75) is 11.8 Å². The maximum absolute atomic E-state index is 13.9. The minimum absolute atomic E-state index is 0.343. The zero-order valence-corrected chi connectivity index (χ0v) is 11.1. The summed E-state index contributed by atoms with van der Waals surface area (Å²) in [5.41, 5.74) is 1.39. The van der Waals surface area contributed by atoms with Gasteiger partial charge in [-0.15, -0.1) is 0 Å². The highest BCUT2D eigenvalue weighted by Crippen LogP contribution is 2.33. The lowest BCUT2D eigenvalue weighted by molar-refractivity contribution is 0.507. The summed E-state index contributed by atoms with van der Waals surface area (Å²) in [7, 11) is 0. The molecule has 2 rings (SSSR count). The Hall–Kier alpha value is -1.29. The highest BCUT2D eigenvalue weighted by molar-refractivity contribution is 9.09. The van der Waals surface area contributed by atoms with Gasteiger partial charge in [0.15, 0.2) is 11.6 Å². The van der Waals surface area contributed by atoms with Crippen LogP contribution in [0, 0.1) is 24.4 Å². The van der Waals surface area contributed by atoms with Crippen LogP contribution in [0.2, 0.25) is 0 Å². The summed E-state index contributed by atoms with van der Waals surface area (Å²) in [4.78, 5) is -0.507. The van der Waals surface area contributed by atoms with Crippen LogP contribution in [0.4, 0.5) is 13.2 Å². The normalized spacial score (nSPS) is 12.5. The minimum atomic E-state index is -0.940. The quantitative estimate of drug-likeness (QED) is 0.692. The molecular weight excluding hydrogens is 305 g/mol. The molecule has 2 aromatic carbocycles. The maximum Gasteiger partial charge on any atom is 0.159 e. The first kappa shape index (κ1) is 13.1. The monoisotopic (exact) mass is 314 g/mol. The third-order valence-corrected chi connectivity index (χ3v) is 3.75. The number of alkyl halides is 1. The van der Waals surface area contributed by atoms with Crippen LogP contribution in [0.25, 0.3) is 0 Å². The van der Waals surface area contributed by atoms with Crippen LogP contribution in [-0.2, 0) is 0 Å². The molecule has 0 saturated carbocycles. The Bertz CT molecular complexity index is 581. The SMILES string of the molecule is Cc1cccc(C(Br)c2ccc(F)c(F)c2)c1F. The van der Waals surface area contributed by atoms with Crippen LogP contribution in [0.1, 0.15) is 21.5 Å². The predicted molar refractivity (Wildman–Crippen MR) is 68.3 cm³/mol. The molecule has 0 aromatic heterocycles. The van der Waals surface area contributed by atoms with Gasteiger partial charge < -0.3 is 0 Å². The molecular formula is C14H10BrF3. The van der Waals surface area contributed by atoms with Crippen LogP contribution in [0.15, 0.2) is 36.4 Å². The Labute approximate surface area is 112 Å². The first-order valence-electron chi connectivity index (χ1n) is 5.34. The predicted octanol–water partition coefficient (Wildman–Crippen LogP) is 4.90. The van der Waals surface area contributed by atoms with E-state index in [4.69, 9.17) is 0 Å². The Morgan fingerprint density at radius 3 is 2.39 bits per heavy atom. The van der Waals surface area contributed by atoms with Gasteiger partial charge in [0.05, 0.1) is 4.83 Å². The van der Waals surface area contributed by atoms with E-state index in [-0.39, 0.29) is 5.82 Å². The van der Waals surface area contributed by atoms with Crippen molar-refractivity contribution in [1.82, 2.24) is 0 Å². The lowest BCUT2D eigenvalue weighted by Crippen LogP contribution is -1.99. The van der Waals surface area contributed by atoms with E-state index in [0.717, 1.165) is 12.1 Å². The second-order valence-electron chi connectivity index (χ2n) is 4.01. The molecule has 1 unspecified atom stereocenters. The second kappa shape index (κ2) is 5.14. The van der Waals surface area contributed by atoms with Gasteiger partial charge in [0.25, 0.3) is 0 Å². The van der Waals surface area contributed by atoms with Crippen molar-refractivity contribution < 1.29 is 13.2 Å². The largest absolute Gasteiger partial charge is 0.206 e. The van der Waals surface area contributed by atoms with Crippen molar-refractivity contribution in [3.63, 3.8) is 0 Å². The Morgan fingerprint density at radius 2 is 1.72 bits per heavy atom. The summed E-state index contributed by atoms with van der Waals surface area (Å²) in [5.74, 6) is -2.20. The van der Waals surface area contributed by atoms with Gasteiger partial charge in [-0.1, -0.05) is 40.2 Å². The lowest BCUT2D eigenvalue weighted by atomic mass is 10.0. The number of hydrogen-bond donors (Lipinski definition) is 0. The first-order valence-corrected chi connectivity index (χ1v) is 6.26. The Morgan fingerprint density at radius 1 is 1.00 bits per heavy atom. The maximum atomic E-state index is 13.9. The molecule has 4 heteroatoms. The molecule has 0 spiro atoms. The zero-order valence-electron chi connectivity index (χ0n) is 9.55. The smallest absolute Gasteiger partial charge is 0.159 e. The van der Waals surface area contributed by atoms with E-state index in [1.807, 2.05) is 0 Å². The number of hydrogen-bond acceptors (Lipinski definition) is 0. The van der Waals surface area contributed by atoms with Crippen molar-refractivity contribution in [3.05, 3.63) is 70.5 Å². The molecule has 0 aliphatic carbocycles. The van der Waals surface area contributed by atoms with E-state index in [1.165, 1.54) is 6.07 Å². The van der Waals surface area contributed by atoms with E-state index in [2.05, 4.69) is 15.9 Å². The molecule has 0 aliphatic heterocycles. The van der Waals surface area contributed by atoms with Crippen LogP contribution in [0.5, 0.6) is 0 Å². The van der Waals surface area contributed by atoms with Crippen LogP contribution in [-0.4, -0.2) is 0 Å². The summed E-state index contributed by atoms with van der Waals surface area (Å²) in [6.07, 6.45) is 0. The summed E-state index contributed by atoms with van der Waals surface area (Å²) < 4.78 is 39.9. The van der Waals surface area contributed by atoms with E-state index in [0.29, 0.717) is 16.7 Å². The summed E-state index contributed by atoms with van der Waals surface area (Å²) >= 11 is 3.31. The van der Waals surface area contributed by atoms with E-state index in [9.17, 15) is 13.2 Å². The van der Waals surface area contributed by atoms with Gasteiger partial charge >= 0.3 is 0 Å². The Balaban J connectivity index is 2.44. The van der Waals surface area contributed by atoms with E-state index < -0.39 is 16.5 Å². The molecule has 2 aromatic rings. The second-order valence-corrected chi connectivity index (χ2v) is 4.93. The standard InChI is InChI=1S/C14H10BrF3/c1-8-3-2-4-10(14(8)18)13(15)9-5-6-11(16)12(17)7-9/h2-7,13H,1H3. The average Bonchev–Trinajstić information content (AvgIpc) is 2.35. The molecule has 0 heterocycles.